The Balaban J connectivity index is 2.76. The highest BCUT2D eigenvalue weighted by Gasteiger charge is 2.09. The molecule has 11 heavy (non-hydrogen) atoms. The van der Waals surface area contributed by atoms with Gasteiger partial charge in [0.25, 0.3) is 0 Å². The molecule has 1 rings (SSSR count). The molecule has 0 saturated heterocycles. The number of nitrogens with two attached hydrogens (primary N) is 1. The number of nitrogens with zero attached hydrogens (tertiary/aromatic N) is 2. The molecule has 1 aromatic rings. The fraction of sp³-hybridized carbons (Fsp3) is 0.625. The molecule has 1 aromatic heterocycles. The van der Waals surface area contributed by atoms with Crippen LogP contribution in [0.15, 0.2) is 12.4 Å². The third kappa shape index (κ3) is 1.80. The molecule has 0 fully saturated rings. The molecule has 2 atom stereocenters. The summed E-state index contributed by atoms with van der Waals surface area (Å²) in [7, 11) is 0. The summed E-state index contributed by atoms with van der Waals surface area (Å²) in [6.07, 6.45) is 3.85. The summed E-state index contributed by atoms with van der Waals surface area (Å²) in [4.78, 5) is 0. The lowest BCUT2D eigenvalue weighted by Crippen LogP contribution is -2.27. The normalized spacial score (nSPS) is 16.4. The topological polar surface area (TPSA) is 43.8 Å². The number of aryl methyl sites for hydroxylation is 1. The van der Waals surface area contributed by atoms with Crippen LogP contribution in [0.3, 0.4) is 0 Å². The van der Waals surface area contributed by atoms with Gasteiger partial charge in [0.2, 0.25) is 0 Å². The molecule has 0 unspecified atom stereocenters. The van der Waals surface area contributed by atoms with Crippen LogP contribution in [0, 0.1) is 6.92 Å². The van der Waals surface area contributed by atoms with Crippen molar-refractivity contribution in [1.29, 1.82) is 0 Å². The van der Waals surface area contributed by atoms with Crippen molar-refractivity contribution in [3.63, 3.8) is 0 Å². The molecule has 0 aliphatic carbocycles. The third-order valence-corrected chi connectivity index (χ3v) is 1.91. The van der Waals surface area contributed by atoms with Crippen LogP contribution < -0.4 is 5.73 Å². The summed E-state index contributed by atoms with van der Waals surface area (Å²) in [6, 6.07) is 0.429. The SMILES string of the molecule is Cc1cnn([C@@H](C)[C@H](C)N)c1. The van der Waals surface area contributed by atoms with Crippen LogP contribution in [0.25, 0.3) is 0 Å². The van der Waals surface area contributed by atoms with Crippen molar-refractivity contribution in [2.24, 2.45) is 5.73 Å². The number of rotatable bonds is 2. The molecule has 3 nitrogen and oxygen atoms in total. The predicted octanol–water partition coefficient (Wildman–Crippen LogP) is 1.10. The molecular formula is C8H15N3. The standard InChI is InChI=1S/C8H15N3/c1-6-4-10-11(5-6)8(3)7(2)9/h4-5,7-8H,9H2,1-3H3/t7-,8-/m0/s1. The molecular weight excluding hydrogens is 138 g/mol. The number of hydrogen-bond donors (Lipinski definition) is 1. The fourth-order valence-electron chi connectivity index (χ4n) is 0.897. The Hall–Kier alpha value is -0.830. The van der Waals surface area contributed by atoms with Crippen LogP contribution in [0.1, 0.15) is 25.5 Å². The molecule has 0 spiro atoms. The van der Waals surface area contributed by atoms with E-state index in [1.165, 1.54) is 5.56 Å². The molecule has 3 heteroatoms. The van der Waals surface area contributed by atoms with Gasteiger partial charge in [0.05, 0.1) is 12.2 Å². The van der Waals surface area contributed by atoms with Crippen LogP contribution in [0.4, 0.5) is 0 Å². The van der Waals surface area contributed by atoms with Crippen LogP contribution >= 0.6 is 0 Å². The lowest BCUT2D eigenvalue weighted by atomic mass is 10.2. The molecule has 0 aliphatic heterocycles. The first-order valence-electron chi connectivity index (χ1n) is 3.87. The van der Waals surface area contributed by atoms with Gasteiger partial charge in [-0.25, -0.2) is 0 Å². The molecule has 1 heterocycles. The smallest absolute Gasteiger partial charge is 0.0639 e. The van der Waals surface area contributed by atoms with Crippen molar-refractivity contribution >= 4 is 0 Å². The highest BCUT2D eigenvalue weighted by Crippen LogP contribution is 2.08. The van der Waals surface area contributed by atoms with E-state index in [0.29, 0.717) is 0 Å². The highest BCUT2D eigenvalue weighted by atomic mass is 15.3. The molecule has 2 N–H and O–H groups in total. The van der Waals surface area contributed by atoms with Gasteiger partial charge in [-0.3, -0.25) is 4.68 Å². The van der Waals surface area contributed by atoms with E-state index in [2.05, 4.69) is 12.0 Å². The Bertz CT molecular complexity index is 227. The third-order valence-electron chi connectivity index (χ3n) is 1.91. The van der Waals surface area contributed by atoms with Crippen molar-refractivity contribution in [2.75, 3.05) is 0 Å². The minimum absolute atomic E-state index is 0.147. The first kappa shape index (κ1) is 8.27. The van der Waals surface area contributed by atoms with Gasteiger partial charge in [-0.1, -0.05) is 0 Å². The molecule has 0 aromatic carbocycles. The highest BCUT2D eigenvalue weighted by molar-refractivity contribution is 5.00. The predicted molar refractivity (Wildman–Crippen MR) is 45.3 cm³/mol. The van der Waals surface area contributed by atoms with Gasteiger partial charge in [-0.15, -0.1) is 0 Å². The average Bonchev–Trinajstić information content (AvgIpc) is 2.34. The Morgan fingerprint density at radius 1 is 1.55 bits per heavy atom. The molecule has 0 radical (unpaired) electrons. The quantitative estimate of drug-likeness (QED) is 0.691. The zero-order valence-electron chi connectivity index (χ0n) is 7.28. The van der Waals surface area contributed by atoms with E-state index in [4.69, 9.17) is 5.73 Å². The van der Waals surface area contributed by atoms with E-state index >= 15 is 0 Å². The van der Waals surface area contributed by atoms with E-state index in [0.717, 1.165) is 0 Å². The van der Waals surface area contributed by atoms with E-state index < -0.39 is 0 Å². The number of aromatic nitrogens is 2. The maximum absolute atomic E-state index is 5.72. The first-order valence-corrected chi connectivity index (χ1v) is 3.87. The van der Waals surface area contributed by atoms with Gasteiger partial charge >= 0.3 is 0 Å². The summed E-state index contributed by atoms with van der Waals surface area (Å²) in [6.45, 7) is 6.08. The van der Waals surface area contributed by atoms with Crippen LogP contribution in [-0.4, -0.2) is 15.8 Å². The van der Waals surface area contributed by atoms with Gasteiger partial charge in [-0.05, 0) is 26.3 Å². The largest absolute Gasteiger partial charge is 0.326 e. The van der Waals surface area contributed by atoms with Gasteiger partial charge in [0, 0.05) is 12.2 Å². The molecule has 0 aliphatic rings. The van der Waals surface area contributed by atoms with Crippen molar-refractivity contribution in [1.82, 2.24) is 9.78 Å². The molecule has 62 valence electrons. The Morgan fingerprint density at radius 3 is 2.55 bits per heavy atom. The van der Waals surface area contributed by atoms with E-state index in [1.807, 2.05) is 30.9 Å². The average molecular weight is 153 g/mol. The molecule has 0 bridgehead atoms. The summed E-state index contributed by atoms with van der Waals surface area (Å²) < 4.78 is 1.90. The van der Waals surface area contributed by atoms with Gasteiger partial charge in [0.15, 0.2) is 0 Å². The van der Waals surface area contributed by atoms with Crippen LogP contribution in [0.2, 0.25) is 0 Å². The second-order valence-electron chi connectivity index (χ2n) is 3.10. The van der Waals surface area contributed by atoms with E-state index in [9.17, 15) is 0 Å². The molecule has 0 amide bonds. The summed E-state index contributed by atoms with van der Waals surface area (Å²) in [5.74, 6) is 0. The van der Waals surface area contributed by atoms with Crippen molar-refractivity contribution < 1.29 is 0 Å². The molecule has 0 saturated carbocycles. The first-order chi connectivity index (χ1) is 5.11. The fourth-order valence-corrected chi connectivity index (χ4v) is 0.897. The van der Waals surface area contributed by atoms with Gasteiger partial charge in [0.1, 0.15) is 0 Å². The lowest BCUT2D eigenvalue weighted by Gasteiger charge is -2.15. The minimum atomic E-state index is 0.147. The minimum Gasteiger partial charge on any atom is -0.326 e. The van der Waals surface area contributed by atoms with Crippen LogP contribution in [-0.2, 0) is 0 Å². The lowest BCUT2D eigenvalue weighted by molar-refractivity contribution is 0.425. The summed E-state index contributed by atoms with van der Waals surface area (Å²) in [5, 5.41) is 4.17. The van der Waals surface area contributed by atoms with Crippen molar-refractivity contribution in [3.05, 3.63) is 18.0 Å². The van der Waals surface area contributed by atoms with Crippen LogP contribution in [0.5, 0.6) is 0 Å². The monoisotopic (exact) mass is 153 g/mol. The maximum atomic E-state index is 5.72. The second-order valence-corrected chi connectivity index (χ2v) is 3.10. The summed E-state index contributed by atoms with van der Waals surface area (Å²) in [5.41, 5.74) is 6.89. The summed E-state index contributed by atoms with van der Waals surface area (Å²) >= 11 is 0. The van der Waals surface area contributed by atoms with Gasteiger partial charge < -0.3 is 5.73 Å². The second kappa shape index (κ2) is 3.05. The van der Waals surface area contributed by atoms with E-state index in [-0.39, 0.29) is 12.1 Å². The zero-order valence-corrected chi connectivity index (χ0v) is 7.28. The Labute approximate surface area is 67.2 Å². The Morgan fingerprint density at radius 2 is 2.18 bits per heavy atom. The van der Waals surface area contributed by atoms with Crippen molar-refractivity contribution in [3.8, 4) is 0 Å². The van der Waals surface area contributed by atoms with Gasteiger partial charge in [-0.2, -0.15) is 5.10 Å². The Kier molecular flexibility index (Phi) is 2.29. The van der Waals surface area contributed by atoms with E-state index in [1.54, 1.807) is 0 Å². The van der Waals surface area contributed by atoms with Crippen molar-refractivity contribution in [2.45, 2.75) is 32.9 Å². The number of hydrogen-bond acceptors (Lipinski definition) is 2. The maximum Gasteiger partial charge on any atom is 0.0639 e. The zero-order chi connectivity index (χ0) is 8.43.